The van der Waals surface area contributed by atoms with Gasteiger partial charge in [0.15, 0.2) is 12.2 Å². The van der Waals surface area contributed by atoms with E-state index in [0.29, 0.717) is 13.0 Å². The fourth-order valence-corrected chi connectivity index (χ4v) is 3.54. The molecule has 3 rings (SSSR count). The van der Waals surface area contributed by atoms with Crippen molar-refractivity contribution in [1.82, 2.24) is 5.48 Å². The average Bonchev–Trinajstić information content (AvgIpc) is 3.42. The molecule has 0 radical (unpaired) electrons. The molecule has 2 atom stereocenters. The summed E-state index contributed by atoms with van der Waals surface area (Å²) in [6.07, 6.45) is -1.75. The number of amides is 1. The second-order valence-corrected chi connectivity index (χ2v) is 9.55. The monoisotopic (exact) mass is 533 g/mol. The summed E-state index contributed by atoms with van der Waals surface area (Å²) in [5.74, 6) is -1.09. The minimum atomic E-state index is -3.89. The number of nitrogens with one attached hydrogen (secondary N) is 1. The highest BCUT2D eigenvalue weighted by Gasteiger charge is 2.33. The molecule has 2 saturated heterocycles. The number of carbonyl (C=O) groups excluding carboxylic acids is 3. The van der Waals surface area contributed by atoms with Crippen molar-refractivity contribution >= 4 is 28.1 Å². The van der Waals surface area contributed by atoms with Gasteiger partial charge in [0, 0.05) is 12.8 Å². The maximum Gasteiger partial charge on any atom is 0.431 e. The third kappa shape index (κ3) is 12.3. The van der Waals surface area contributed by atoms with E-state index < -0.39 is 46.0 Å². The first kappa shape index (κ1) is 33.3. The van der Waals surface area contributed by atoms with Crippen LogP contribution in [0.1, 0.15) is 66.9 Å². The number of cyclic esters (lactones) is 2. The van der Waals surface area contributed by atoms with Crippen LogP contribution in [0.2, 0.25) is 0 Å². The van der Waals surface area contributed by atoms with Crippen LogP contribution in [0, 0.1) is 6.92 Å². The Morgan fingerprint density at radius 2 is 1.39 bits per heavy atom. The highest BCUT2D eigenvalue weighted by molar-refractivity contribution is 7.86. The van der Waals surface area contributed by atoms with Crippen LogP contribution in [0.3, 0.4) is 0 Å². The summed E-state index contributed by atoms with van der Waals surface area (Å²) >= 11 is 0. The lowest BCUT2D eigenvalue weighted by Gasteiger charge is -2.19. The number of aryl methyl sites for hydroxylation is 1. The van der Waals surface area contributed by atoms with Crippen LogP contribution in [0.4, 0.5) is 4.79 Å². The zero-order chi connectivity index (χ0) is 27.9. The molecule has 0 saturated carbocycles. The maximum absolute atomic E-state index is 11.8. The molecular weight excluding hydrogens is 494 g/mol. The summed E-state index contributed by atoms with van der Waals surface area (Å²) in [7, 11) is -3.89. The largest absolute Gasteiger partial charge is 0.464 e. The SMILES string of the molecule is CC.CC.CC(C)(C)OC(=O)NOC1CCOC1=O.Cc1ccc(S(=O)(=O)O[C@H]2CCOC2=O)cc1. The zero-order valence-corrected chi connectivity index (χ0v) is 23.1. The molecule has 1 aromatic rings. The Morgan fingerprint density at radius 1 is 0.917 bits per heavy atom. The first-order valence-electron chi connectivity index (χ1n) is 11.9. The minimum absolute atomic E-state index is 0.0443. The summed E-state index contributed by atoms with van der Waals surface area (Å²) in [4.78, 5) is 38.0. The number of hydrogen-bond acceptors (Lipinski definition) is 10. The molecule has 1 unspecified atom stereocenters. The van der Waals surface area contributed by atoms with Gasteiger partial charge in [-0.05, 0) is 39.8 Å². The molecule has 2 heterocycles. The molecule has 0 bridgehead atoms. The van der Waals surface area contributed by atoms with Gasteiger partial charge in [0.05, 0.1) is 18.1 Å². The van der Waals surface area contributed by atoms with Gasteiger partial charge >= 0.3 is 18.0 Å². The van der Waals surface area contributed by atoms with Crippen LogP contribution in [0.15, 0.2) is 29.2 Å². The van der Waals surface area contributed by atoms with Gasteiger partial charge in [0.1, 0.15) is 5.60 Å². The van der Waals surface area contributed by atoms with Gasteiger partial charge in [-0.15, -0.1) is 0 Å². The van der Waals surface area contributed by atoms with E-state index in [0.717, 1.165) is 5.56 Å². The van der Waals surface area contributed by atoms with Crippen molar-refractivity contribution in [3.63, 3.8) is 0 Å². The van der Waals surface area contributed by atoms with Gasteiger partial charge in [-0.1, -0.05) is 45.4 Å². The van der Waals surface area contributed by atoms with Crippen molar-refractivity contribution in [3.8, 4) is 0 Å². The molecule has 2 aliphatic heterocycles. The van der Waals surface area contributed by atoms with E-state index in [4.69, 9.17) is 13.8 Å². The van der Waals surface area contributed by atoms with Gasteiger partial charge < -0.3 is 14.2 Å². The second-order valence-electron chi connectivity index (χ2n) is 7.97. The van der Waals surface area contributed by atoms with Gasteiger partial charge in [0.2, 0.25) is 0 Å². The molecule has 1 N–H and O–H groups in total. The molecule has 0 aromatic heterocycles. The zero-order valence-electron chi connectivity index (χ0n) is 22.3. The predicted molar refractivity (Wildman–Crippen MR) is 131 cm³/mol. The number of hydroxylamine groups is 1. The van der Waals surface area contributed by atoms with Crippen molar-refractivity contribution in [2.75, 3.05) is 13.2 Å². The lowest BCUT2D eigenvalue weighted by Crippen LogP contribution is -2.36. The minimum Gasteiger partial charge on any atom is -0.464 e. The van der Waals surface area contributed by atoms with Gasteiger partial charge in [-0.3, -0.25) is 9.02 Å². The van der Waals surface area contributed by atoms with Crippen molar-refractivity contribution in [2.45, 2.75) is 90.9 Å². The number of rotatable bonds is 5. The standard InChI is InChI=1S/C11H12O5S.C9H15NO5.2C2H6/c1-8-2-4-9(5-3-8)17(13,14)16-10-6-7-15-11(10)12;1-9(2,3)14-8(12)10-15-6-4-5-13-7(6)11;2*1-2/h2-5,10H,6-7H2,1H3;6H,4-5H2,1-3H3,(H,10,12);2*1-2H3/t10-;;;/m0.../s1. The second kappa shape index (κ2) is 16.1. The van der Waals surface area contributed by atoms with E-state index in [9.17, 15) is 22.8 Å². The van der Waals surface area contributed by atoms with Crippen molar-refractivity contribution < 1.29 is 46.0 Å². The van der Waals surface area contributed by atoms with Crippen LogP contribution >= 0.6 is 0 Å². The van der Waals surface area contributed by atoms with E-state index in [-0.39, 0.29) is 17.9 Å². The summed E-state index contributed by atoms with van der Waals surface area (Å²) < 4.78 is 42.7. The molecule has 206 valence electrons. The van der Waals surface area contributed by atoms with Crippen LogP contribution in [-0.4, -0.2) is 57.5 Å². The van der Waals surface area contributed by atoms with E-state index in [1.807, 2.05) is 40.1 Å². The van der Waals surface area contributed by atoms with Crippen LogP contribution in [0.25, 0.3) is 0 Å². The third-order valence-electron chi connectivity index (χ3n) is 4.01. The Balaban J connectivity index is 0.000000602. The molecule has 0 spiro atoms. The lowest BCUT2D eigenvalue weighted by molar-refractivity contribution is -0.150. The van der Waals surface area contributed by atoms with Gasteiger partial charge in [-0.25, -0.2) is 14.4 Å². The van der Waals surface area contributed by atoms with Gasteiger partial charge in [0.25, 0.3) is 10.1 Å². The van der Waals surface area contributed by atoms with Crippen LogP contribution < -0.4 is 5.48 Å². The van der Waals surface area contributed by atoms with E-state index in [1.165, 1.54) is 12.1 Å². The van der Waals surface area contributed by atoms with Crippen molar-refractivity contribution in [3.05, 3.63) is 29.8 Å². The normalized spacial score (nSPS) is 18.7. The Bertz CT molecular complexity index is 923. The molecule has 1 aromatic carbocycles. The van der Waals surface area contributed by atoms with E-state index >= 15 is 0 Å². The number of benzene rings is 1. The molecule has 1 amide bonds. The lowest BCUT2D eigenvalue weighted by atomic mass is 10.2. The Morgan fingerprint density at radius 3 is 1.81 bits per heavy atom. The topological polar surface area (TPSA) is 144 Å². The van der Waals surface area contributed by atoms with Gasteiger partial charge in [-0.2, -0.15) is 13.9 Å². The molecule has 0 aliphatic carbocycles. The summed E-state index contributed by atoms with van der Waals surface area (Å²) in [5.41, 5.74) is 2.40. The number of ether oxygens (including phenoxy) is 3. The number of carbonyl (C=O) groups is 3. The van der Waals surface area contributed by atoms with Crippen molar-refractivity contribution in [2.24, 2.45) is 0 Å². The van der Waals surface area contributed by atoms with Crippen LogP contribution in [0.5, 0.6) is 0 Å². The average molecular weight is 534 g/mol. The Labute approximate surface area is 213 Å². The maximum atomic E-state index is 11.8. The highest BCUT2D eigenvalue weighted by Crippen LogP contribution is 2.19. The molecule has 12 heteroatoms. The molecule has 36 heavy (non-hydrogen) atoms. The number of esters is 2. The summed E-state index contributed by atoms with van der Waals surface area (Å²) in [6, 6.07) is 6.24. The smallest absolute Gasteiger partial charge is 0.431 e. The summed E-state index contributed by atoms with van der Waals surface area (Å²) in [6.45, 7) is 15.6. The first-order chi connectivity index (χ1) is 16.9. The molecular formula is C24H39NO10S. The fourth-order valence-electron chi connectivity index (χ4n) is 2.48. The third-order valence-corrected chi connectivity index (χ3v) is 5.35. The van der Waals surface area contributed by atoms with Crippen LogP contribution in [-0.2, 0) is 42.9 Å². The molecule has 11 nitrogen and oxygen atoms in total. The first-order valence-corrected chi connectivity index (χ1v) is 13.3. The quantitative estimate of drug-likeness (QED) is 0.257. The fraction of sp³-hybridized carbons (Fsp3) is 0.625. The number of hydrogen-bond donors (Lipinski definition) is 1. The van der Waals surface area contributed by atoms with E-state index in [1.54, 1.807) is 32.9 Å². The molecule has 2 aliphatic rings. The Kier molecular flexibility index (Phi) is 14.9. The van der Waals surface area contributed by atoms with E-state index in [2.05, 4.69) is 9.47 Å². The summed E-state index contributed by atoms with van der Waals surface area (Å²) in [5, 5.41) is 0. The highest BCUT2D eigenvalue weighted by atomic mass is 32.2. The van der Waals surface area contributed by atoms with Crippen molar-refractivity contribution in [1.29, 1.82) is 0 Å². The Hall–Kier alpha value is -2.70. The molecule has 2 fully saturated rings. The predicted octanol–water partition coefficient (Wildman–Crippen LogP) is 3.83.